The smallest absolute Gasteiger partial charge is 0.118 e. The molecule has 3 nitrogen and oxygen atoms in total. The number of hydrogen-bond acceptors (Lipinski definition) is 3. The van der Waals surface area contributed by atoms with Crippen LogP contribution < -0.4 is 4.74 Å². The second-order valence-corrected chi connectivity index (χ2v) is 9.16. The highest BCUT2D eigenvalue weighted by molar-refractivity contribution is 5.85. The average molecular weight is 432 g/mol. The van der Waals surface area contributed by atoms with E-state index in [1.54, 1.807) is 7.11 Å². The van der Waals surface area contributed by atoms with Gasteiger partial charge in [0.2, 0.25) is 0 Å². The molecule has 0 radical (unpaired) electrons. The minimum Gasteiger partial charge on any atom is -0.497 e. The van der Waals surface area contributed by atoms with E-state index in [1.807, 2.05) is 0 Å². The average Bonchev–Trinajstić information content (AvgIpc) is 2.71. The monoisotopic (exact) mass is 431 g/mol. The van der Waals surface area contributed by atoms with Crippen molar-refractivity contribution in [2.24, 2.45) is 5.41 Å². The number of hydrogen-bond donors (Lipinski definition) is 0. The Hall–Kier alpha value is -1.55. The zero-order valence-electron chi connectivity index (χ0n) is 19.0. The van der Waals surface area contributed by atoms with Crippen molar-refractivity contribution in [1.29, 1.82) is 0 Å². The second-order valence-electron chi connectivity index (χ2n) is 9.16. The highest BCUT2D eigenvalue weighted by atomic mass is 35.5. The fraction of sp³-hybridized carbons (Fsp3) is 0.538. The summed E-state index contributed by atoms with van der Waals surface area (Å²) in [4.78, 5) is 2.57. The van der Waals surface area contributed by atoms with Crippen LogP contribution in [0, 0.1) is 5.41 Å². The van der Waals surface area contributed by atoms with Gasteiger partial charge in [0.1, 0.15) is 5.75 Å². The zero-order valence-corrected chi connectivity index (χ0v) is 19.8. The van der Waals surface area contributed by atoms with Gasteiger partial charge in [-0.05, 0) is 81.3 Å². The van der Waals surface area contributed by atoms with Crippen molar-refractivity contribution < 1.29 is 9.47 Å². The van der Waals surface area contributed by atoms with Crippen LogP contribution in [0.2, 0.25) is 0 Å². The van der Waals surface area contributed by atoms with E-state index in [2.05, 4.69) is 80.3 Å². The van der Waals surface area contributed by atoms with Gasteiger partial charge in [-0.3, -0.25) is 4.90 Å². The van der Waals surface area contributed by atoms with Crippen LogP contribution in [-0.4, -0.2) is 37.3 Å². The topological polar surface area (TPSA) is 21.7 Å². The van der Waals surface area contributed by atoms with E-state index in [0.717, 1.165) is 51.3 Å². The summed E-state index contributed by atoms with van der Waals surface area (Å²) in [5.41, 5.74) is 3.05. The Kier molecular flexibility index (Phi) is 9.21. The molecule has 166 valence electrons. The molecule has 4 heteroatoms. The minimum atomic E-state index is -0.0416. The van der Waals surface area contributed by atoms with Crippen LogP contribution in [0.15, 0.2) is 54.6 Å². The predicted molar refractivity (Wildman–Crippen MR) is 128 cm³/mol. The maximum Gasteiger partial charge on any atom is 0.118 e. The third-order valence-corrected chi connectivity index (χ3v) is 6.32. The number of halogens is 1. The van der Waals surface area contributed by atoms with E-state index in [0.29, 0.717) is 5.41 Å². The maximum absolute atomic E-state index is 6.08. The van der Waals surface area contributed by atoms with Crippen molar-refractivity contribution in [3.05, 3.63) is 65.7 Å². The molecule has 3 rings (SSSR count). The van der Waals surface area contributed by atoms with Crippen LogP contribution in [0.25, 0.3) is 0 Å². The predicted octanol–water partition coefficient (Wildman–Crippen LogP) is 6.15. The first kappa shape index (κ1) is 24.7. The number of methoxy groups -OCH3 is 1. The lowest BCUT2D eigenvalue weighted by molar-refractivity contribution is -0.108. The zero-order chi connectivity index (χ0) is 20.7. The quantitative estimate of drug-likeness (QED) is 0.475. The molecule has 0 aromatic heterocycles. The van der Waals surface area contributed by atoms with E-state index < -0.39 is 0 Å². The Bertz CT molecular complexity index is 747. The molecule has 2 aromatic rings. The summed E-state index contributed by atoms with van der Waals surface area (Å²) in [7, 11) is 1.72. The van der Waals surface area contributed by atoms with E-state index in [-0.39, 0.29) is 18.0 Å². The molecule has 1 aliphatic heterocycles. The lowest BCUT2D eigenvalue weighted by Gasteiger charge is -2.46. The largest absolute Gasteiger partial charge is 0.497 e. The van der Waals surface area contributed by atoms with E-state index in [4.69, 9.17) is 9.47 Å². The summed E-state index contributed by atoms with van der Waals surface area (Å²) in [5.74, 6) is 0.919. The summed E-state index contributed by atoms with van der Waals surface area (Å²) in [6.45, 7) is 10.8. The summed E-state index contributed by atoms with van der Waals surface area (Å²) in [6, 6.07) is 19.5. The van der Waals surface area contributed by atoms with E-state index in [9.17, 15) is 0 Å². The molecule has 0 spiro atoms. The molecule has 0 N–H and O–H groups in total. The molecular weight excluding hydrogens is 394 g/mol. The number of ether oxygens (including phenoxy) is 2. The molecule has 0 bridgehead atoms. The van der Waals surface area contributed by atoms with Crippen LogP contribution in [0.4, 0.5) is 0 Å². The molecule has 1 atom stereocenters. The highest BCUT2D eigenvalue weighted by Gasteiger charge is 2.40. The summed E-state index contributed by atoms with van der Waals surface area (Å²) >= 11 is 0. The van der Waals surface area contributed by atoms with Crippen molar-refractivity contribution >= 4 is 12.4 Å². The van der Waals surface area contributed by atoms with Gasteiger partial charge in [0, 0.05) is 13.2 Å². The first-order chi connectivity index (χ1) is 13.9. The fourth-order valence-corrected chi connectivity index (χ4v) is 4.80. The Morgan fingerprint density at radius 1 is 1.00 bits per heavy atom. The van der Waals surface area contributed by atoms with Gasteiger partial charge in [-0.25, -0.2) is 0 Å². The Balaban J connectivity index is 0.00000320. The fourth-order valence-electron chi connectivity index (χ4n) is 4.80. The summed E-state index contributed by atoms with van der Waals surface area (Å²) < 4.78 is 11.4. The van der Waals surface area contributed by atoms with Crippen LogP contribution in [0.1, 0.15) is 51.2 Å². The maximum atomic E-state index is 6.08. The first-order valence-electron chi connectivity index (χ1n) is 11.0. The number of rotatable bonds is 9. The molecule has 0 aliphatic carbocycles. The first-order valence-corrected chi connectivity index (χ1v) is 11.0. The Morgan fingerprint density at radius 3 is 2.30 bits per heavy atom. The van der Waals surface area contributed by atoms with Crippen LogP contribution in [-0.2, 0) is 17.7 Å². The number of nitrogens with zero attached hydrogens (tertiary/aromatic N) is 1. The second kappa shape index (κ2) is 11.2. The van der Waals surface area contributed by atoms with Crippen molar-refractivity contribution in [2.45, 2.75) is 58.6 Å². The summed E-state index contributed by atoms with van der Waals surface area (Å²) in [5, 5.41) is 0. The molecule has 2 aromatic carbocycles. The third-order valence-electron chi connectivity index (χ3n) is 6.32. The van der Waals surface area contributed by atoms with Crippen LogP contribution in [0.3, 0.4) is 0 Å². The molecule has 30 heavy (non-hydrogen) atoms. The molecule has 1 fully saturated rings. The highest BCUT2D eigenvalue weighted by Crippen LogP contribution is 2.44. The van der Waals surface area contributed by atoms with Gasteiger partial charge >= 0.3 is 0 Å². The molecule has 1 saturated heterocycles. The SMILES string of the molecule is CCN(CCC1(Cc2ccccc2)CCOC(C)(C)C1)Cc1ccc(OC)cc1.Cl. The lowest BCUT2D eigenvalue weighted by Crippen LogP contribution is -2.44. The van der Waals surface area contributed by atoms with Crippen molar-refractivity contribution in [2.75, 3.05) is 26.8 Å². The molecule has 0 amide bonds. The standard InChI is InChI=1S/C26H37NO2.ClH/c1-5-27(20-23-11-13-24(28-4)14-12-23)17-15-26(16-18-29-25(2,3)21-26)19-22-9-7-6-8-10-22;/h6-14H,5,15-21H2,1-4H3;1H. The van der Waals surface area contributed by atoms with Gasteiger partial charge in [-0.2, -0.15) is 0 Å². The molecule has 1 aliphatic rings. The van der Waals surface area contributed by atoms with Gasteiger partial charge in [0.15, 0.2) is 0 Å². The normalized spacial score (nSPS) is 20.6. The minimum absolute atomic E-state index is 0. The molecule has 1 unspecified atom stereocenters. The van der Waals surface area contributed by atoms with Gasteiger partial charge < -0.3 is 9.47 Å². The van der Waals surface area contributed by atoms with Gasteiger partial charge in [-0.1, -0.05) is 49.4 Å². The van der Waals surface area contributed by atoms with Crippen LogP contribution >= 0.6 is 12.4 Å². The van der Waals surface area contributed by atoms with Gasteiger partial charge in [0.05, 0.1) is 12.7 Å². The van der Waals surface area contributed by atoms with Crippen molar-refractivity contribution in [3.63, 3.8) is 0 Å². The van der Waals surface area contributed by atoms with Gasteiger partial charge in [-0.15, -0.1) is 12.4 Å². The van der Waals surface area contributed by atoms with E-state index in [1.165, 1.54) is 17.5 Å². The van der Waals surface area contributed by atoms with Crippen LogP contribution in [0.5, 0.6) is 5.75 Å². The molecule has 0 saturated carbocycles. The van der Waals surface area contributed by atoms with Crippen molar-refractivity contribution in [1.82, 2.24) is 4.90 Å². The molecular formula is C26H38ClNO2. The number of benzene rings is 2. The summed E-state index contributed by atoms with van der Waals surface area (Å²) in [6.07, 6.45) is 4.61. The van der Waals surface area contributed by atoms with Crippen molar-refractivity contribution in [3.8, 4) is 5.75 Å². The Labute approximate surface area is 189 Å². The third kappa shape index (κ3) is 7.01. The van der Waals surface area contributed by atoms with E-state index >= 15 is 0 Å². The van der Waals surface area contributed by atoms with Gasteiger partial charge in [0.25, 0.3) is 0 Å². The lowest BCUT2D eigenvalue weighted by atomic mass is 9.68. The Morgan fingerprint density at radius 2 is 1.70 bits per heavy atom. The molecule has 1 heterocycles.